The first-order valence-corrected chi connectivity index (χ1v) is 6.88. The second kappa shape index (κ2) is 5.76. The lowest BCUT2D eigenvalue weighted by Crippen LogP contribution is -2.32. The summed E-state index contributed by atoms with van der Waals surface area (Å²) in [5.41, 5.74) is 0. The Balaban J connectivity index is 2.44. The molecule has 1 rings (SSSR count). The Hall–Kier alpha value is -0.700. The molecule has 0 spiro atoms. The summed E-state index contributed by atoms with van der Waals surface area (Å²) >= 11 is 0. The number of hydrogen-bond acceptors (Lipinski definition) is 6. The quantitative estimate of drug-likeness (QED) is 0.576. The van der Waals surface area contributed by atoms with Crippen LogP contribution in [0, 0.1) is 0 Å². The molecular weight excluding hydrogens is 250 g/mol. The van der Waals surface area contributed by atoms with E-state index in [0.717, 1.165) is 4.31 Å². The molecule has 1 heterocycles. The molecule has 1 saturated heterocycles. The van der Waals surface area contributed by atoms with E-state index in [4.69, 9.17) is 0 Å². The zero-order valence-electron chi connectivity index (χ0n) is 9.57. The molecule has 17 heavy (non-hydrogen) atoms. The standard InChI is InChI=1S/C9H17NO6S/c1-16-9(13)3-2-4-17(14,15)10-5-7(11)8(12)6-10/h7-8,11-12H,2-6H2,1H3/t7-,8+. The number of rotatable bonds is 5. The second-order valence-corrected chi connectivity index (χ2v) is 6.04. The van der Waals surface area contributed by atoms with Crippen LogP contribution >= 0.6 is 0 Å². The summed E-state index contributed by atoms with van der Waals surface area (Å²) < 4.78 is 28.9. The van der Waals surface area contributed by atoms with Crippen LogP contribution in [0.4, 0.5) is 0 Å². The Morgan fingerprint density at radius 3 is 2.35 bits per heavy atom. The van der Waals surface area contributed by atoms with Crippen LogP contribution in [0.5, 0.6) is 0 Å². The van der Waals surface area contributed by atoms with Gasteiger partial charge < -0.3 is 14.9 Å². The molecule has 0 aromatic heterocycles. The number of aliphatic hydroxyl groups excluding tert-OH is 2. The van der Waals surface area contributed by atoms with E-state index in [1.165, 1.54) is 7.11 Å². The maximum Gasteiger partial charge on any atom is 0.305 e. The number of ether oxygens (including phenoxy) is 1. The number of nitrogens with zero attached hydrogens (tertiary/aromatic N) is 1. The van der Waals surface area contributed by atoms with E-state index >= 15 is 0 Å². The van der Waals surface area contributed by atoms with E-state index in [1.807, 2.05) is 0 Å². The summed E-state index contributed by atoms with van der Waals surface area (Å²) in [6, 6.07) is 0. The molecule has 1 aliphatic rings. The number of aliphatic hydroxyl groups is 2. The van der Waals surface area contributed by atoms with E-state index in [9.17, 15) is 23.4 Å². The molecule has 0 radical (unpaired) electrons. The lowest BCUT2D eigenvalue weighted by atomic mass is 10.3. The van der Waals surface area contributed by atoms with Crippen LogP contribution in [0.3, 0.4) is 0 Å². The van der Waals surface area contributed by atoms with Gasteiger partial charge in [0, 0.05) is 19.5 Å². The van der Waals surface area contributed by atoms with E-state index < -0.39 is 28.2 Å². The molecule has 0 aromatic rings. The predicted molar refractivity (Wildman–Crippen MR) is 58.6 cm³/mol. The van der Waals surface area contributed by atoms with Gasteiger partial charge in [-0.15, -0.1) is 0 Å². The first kappa shape index (κ1) is 14.4. The fourth-order valence-corrected chi connectivity index (χ4v) is 3.12. The highest BCUT2D eigenvalue weighted by atomic mass is 32.2. The summed E-state index contributed by atoms with van der Waals surface area (Å²) in [6.07, 6.45) is -1.87. The van der Waals surface area contributed by atoms with Gasteiger partial charge in [0.05, 0.1) is 25.1 Å². The molecule has 0 aliphatic carbocycles. The average molecular weight is 267 g/mol. The third-order valence-corrected chi connectivity index (χ3v) is 4.52. The van der Waals surface area contributed by atoms with Crippen molar-refractivity contribution in [2.75, 3.05) is 26.0 Å². The number of sulfonamides is 1. The van der Waals surface area contributed by atoms with E-state index in [2.05, 4.69) is 4.74 Å². The molecule has 0 unspecified atom stereocenters. The summed E-state index contributed by atoms with van der Waals surface area (Å²) in [6.45, 7) is -0.191. The summed E-state index contributed by atoms with van der Waals surface area (Å²) in [4.78, 5) is 10.8. The van der Waals surface area contributed by atoms with Gasteiger partial charge in [-0.25, -0.2) is 8.42 Å². The summed E-state index contributed by atoms with van der Waals surface area (Å²) in [7, 11) is -2.28. The van der Waals surface area contributed by atoms with Crippen molar-refractivity contribution in [3.8, 4) is 0 Å². The first-order valence-electron chi connectivity index (χ1n) is 5.27. The fourth-order valence-electron chi connectivity index (χ4n) is 1.59. The van der Waals surface area contributed by atoms with Crippen molar-refractivity contribution < 1.29 is 28.2 Å². The maximum absolute atomic E-state index is 11.7. The zero-order valence-corrected chi connectivity index (χ0v) is 10.4. The third-order valence-electron chi connectivity index (χ3n) is 2.63. The van der Waals surface area contributed by atoms with Crippen LogP contribution < -0.4 is 0 Å². The fraction of sp³-hybridized carbons (Fsp3) is 0.889. The topological polar surface area (TPSA) is 104 Å². The Labute approximate surface area is 100 Å². The van der Waals surface area contributed by atoms with Crippen molar-refractivity contribution >= 4 is 16.0 Å². The SMILES string of the molecule is COC(=O)CCCS(=O)(=O)N1C[C@@H](O)[C@@H](O)C1. The zero-order chi connectivity index (χ0) is 13.1. The Morgan fingerprint density at radius 1 is 1.35 bits per heavy atom. The minimum Gasteiger partial charge on any atom is -0.469 e. The molecule has 2 atom stereocenters. The van der Waals surface area contributed by atoms with Gasteiger partial charge in [-0.3, -0.25) is 4.79 Å². The van der Waals surface area contributed by atoms with Gasteiger partial charge in [-0.1, -0.05) is 0 Å². The third kappa shape index (κ3) is 3.91. The van der Waals surface area contributed by atoms with Crippen LogP contribution in [0.25, 0.3) is 0 Å². The smallest absolute Gasteiger partial charge is 0.305 e. The van der Waals surface area contributed by atoms with Crippen LogP contribution in [0.15, 0.2) is 0 Å². The molecule has 0 bridgehead atoms. The summed E-state index contributed by atoms with van der Waals surface area (Å²) in [5, 5.41) is 18.5. The molecule has 8 heteroatoms. The van der Waals surface area contributed by atoms with Crippen LogP contribution in [0.1, 0.15) is 12.8 Å². The molecule has 2 N–H and O–H groups in total. The van der Waals surface area contributed by atoms with Crippen molar-refractivity contribution in [2.24, 2.45) is 0 Å². The van der Waals surface area contributed by atoms with Gasteiger partial charge in [0.15, 0.2) is 0 Å². The minimum absolute atomic E-state index is 0.0364. The molecule has 1 fully saturated rings. The normalized spacial score (nSPS) is 26.1. The van der Waals surface area contributed by atoms with Gasteiger partial charge in [0.1, 0.15) is 0 Å². The first-order chi connectivity index (χ1) is 7.86. The van der Waals surface area contributed by atoms with E-state index in [1.54, 1.807) is 0 Å². The number of carbonyl (C=O) groups excluding carboxylic acids is 1. The predicted octanol–water partition coefficient (Wildman–Crippen LogP) is -1.69. The number of carbonyl (C=O) groups is 1. The molecule has 1 aliphatic heterocycles. The van der Waals surface area contributed by atoms with Crippen molar-refractivity contribution in [3.63, 3.8) is 0 Å². The van der Waals surface area contributed by atoms with Gasteiger partial charge in [-0.2, -0.15) is 4.31 Å². The van der Waals surface area contributed by atoms with Crippen molar-refractivity contribution in [1.29, 1.82) is 0 Å². The summed E-state index contributed by atoms with van der Waals surface area (Å²) in [5.74, 6) is -0.650. The van der Waals surface area contributed by atoms with Crippen molar-refractivity contribution in [3.05, 3.63) is 0 Å². The van der Waals surface area contributed by atoms with Gasteiger partial charge >= 0.3 is 5.97 Å². The molecule has 0 amide bonds. The molecule has 100 valence electrons. The highest BCUT2D eigenvalue weighted by molar-refractivity contribution is 7.89. The van der Waals surface area contributed by atoms with Gasteiger partial charge in [0.2, 0.25) is 10.0 Å². The van der Waals surface area contributed by atoms with Gasteiger partial charge in [0.25, 0.3) is 0 Å². The molecule has 7 nitrogen and oxygen atoms in total. The van der Waals surface area contributed by atoms with Crippen LogP contribution in [0.2, 0.25) is 0 Å². The largest absolute Gasteiger partial charge is 0.469 e. The highest BCUT2D eigenvalue weighted by Gasteiger charge is 2.36. The monoisotopic (exact) mass is 267 g/mol. The maximum atomic E-state index is 11.7. The van der Waals surface area contributed by atoms with Crippen LogP contribution in [-0.4, -0.2) is 67.1 Å². The Bertz CT molecular complexity index is 358. The lowest BCUT2D eigenvalue weighted by Gasteiger charge is -2.14. The number of β-amino-alcohol motifs (C(OH)–C–C–N with tert-alkyl or cyclic N) is 2. The molecule has 0 aromatic carbocycles. The van der Waals surface area contributed by atoms with E-state index in [-0.39, 0.29) is 31.7 Å². The number of esters is 1. The molecule has 0 saturated carbocycles. The average Bonchev–Trinajstić information content (AvgIpc) is 2.59. The number of hydrogen-bond donors (Lipinski definition) is 2. The number of methoxy groups -OCH3 is 1. The second-order valence-electron chi connectivity index (χ2n) is 3.95. The highest BCUT2D eigenvalue weighted by Crippen LogP contribution is 2.15. The Kier molecular flexibility index (Phi) is 4.87. The lowest BCUT2D eigenvalue weighted by molar-refractivity contribution is -0.140. The minimum atomic E-state index is -3.52. The van der Waals surface area contributed by atoms with Crippen molar-refractivity contribution in [1.82, 2.24) is 4.31 Å². The van der Waals surface area contributed by atoms with Crippen LogP contribution in [-0.2, 0) is 19.6 Å². The van der Waals surface area contributed by atoms with Gasteiger partial charge in [-0.05, 0) is 6.42 Å². The van der Waals surface area contributed by atoms with E-state index in [0.29, 0.717) is 0 Å². The molecular formula is C9H17NO6S. The van der Waals surface area contributed by atoms with Crippen molar-refractivity contribution in [2.45, 2.75) is 25.0 Å². The Morgan fingerprint density at radius 2 is 1.88 bits per heavy atom.